The summed E-state index contributed by atoms with van der Waals surface area (Å²) < 4.78 is 36.3. The number of hydroxylamine groups is 2. The number of aromatic nitrogens is 2. The molecule has 2 amide bonds. The Labute approximate surface area is 126 Å². The van der Waals surface area contributed by atoms with Gasteiger partial charge in [0.25, 0.3) is 0 Å². The molecule has 11 heteroatoms. The Hall–Kier alpha value is -1.95. The monoisotopic (exact) mass is 329 g/mol. The van der Waals surface area contributed by atoms with Crippen LogP contribution in [0.1, 0.15) is 5.69 Å². The van der Waals surface area contributed by atoms with E-state index < -0.39 is 22.5 Å². The first-order chi connectivity index (χ1) is 10.4. The van der Waals surface area contributed by atoms with Gasteiger partial charge in [0, 0.05) is 19.2 Å². The van der Waals surface area contributed by atoms with Gasteiger partial charge in [-0.25, -0.2) is 9.48 Å². The van der Waals surface area contributed by atoms with Crippen LogP contribution in [0.4, 0.5) is 4.79 Å². The molecule has 3 heterocycles. The number of rotatable bonds is 5. The molecule has 1 saturated heterocycles. The standard InChI is InChI=1S/C11H15N5O5S/c12-3-1-8-2-4-15(13-8)9-5-10-7-14(6-9)11(17)16(10)21-22(18,19)20/h2,4-5,10H,1,3,6-7,12H2,(H,18,19,20). The van der Waals surface area contributed by atoms with Crippen molar-refractivity contribution < 1.29 is 22.0 Å². The van der Waals surface area contributed by atoms with Crippen LogP contribution in [0, 0.1) is 0 Å². The molecular weight excluding hydrogens is 314 g/mol. The number of hydrogen-bond donors (Lipinski definition) is 2. The summed E-state index contributed by atoms with van der Waals surface area (Å²) in [5, 5.41) is 4.99. The summed E-state index contributed by atoms with van der Waals surface area (Å²) in [6.07, 6.45) is 4.08. The third-order valence-corrected chi connectivity index (χ3v) is 3.77. The maximum Gasteiger partial charge on any atom is 0.418 e. The van der Waals surface area contributed by atoms with E-state index in [2.05, 4.69) is 9.38 Å². The van der Waals surface area contributed by atoms with Crippen molar-refractivity contribution >= 4 is 22.1 Å². The topological polar surface area (TPSA) is 131 Å². The highest BCUT2D eigenvalue weighted by Gasteiger charge is 2.43. The van der Waals surface area contributed by atoms with E-state index in [1.165, 1.54) is 4.90 Å². The molecule has 120 valence electrons. The molecule has 0 saturated carbocycles. The van der Waals surface area contributed by atoms with Gasteiger partial charge >= 0.3 is 16.4 Å². The van der Waals surface area contributed by atoms with Crippen LogP contribution in [0.25, 0.3) is 5.70 Å². The van der Waals surface area contributed by atoms with E-state index in [-0.39, 0.29) is 13.1 Å². The van der Waals surface area contributed by atoms with Crippen molar-refractivity contribution in [1.29, 1.82) is 0 Å². The molecule has 10 nitrogen and oxygen atoms in total. The van der Waals surface area contributed by atoms with E-state index in [0.717, 1.165) is 5.69 Å². The smallest absolute Gasteiger partial charge is 0.330 e. The first kappa shape index (κ1) is 15.0. The average Bonchev–Trinajstić information content (AvgIpc) is 2.98. The normalized spacial score (nSPS) is 21.5. The molecule has 1 aromatic heterocycles. The fourth-order valence-electron chi connectivity index (χ4n) is 2.52. The van der Waals surface area contributed by atoms with Gasteiger partial charge in [0.15, 0.2) is 0 Å². The summed E-state index contributed by atoms with van der Waals surface area (Å²) in [5.74, 6) is 0. The number of urea groups is 1. The Balaban J connectivity index is 1.84. The van der Waals surface area contributed by atoms with Gasteiger partial charge in [0.05, 0.1) is 17.9 Å². The SMILES string of the molecule is NCCc1ccn(C2=CC3CN(C2)C(=O)N3OS(=O)(=O)O)n1. The fraction of sp³-hybridized carbons (Fsp3) is 0.455. The van der Waals surface area contributed by atoms with Crippen LogP contribution in [-0.4, -0.2) is 64.4 Å². The van der Waals surface area contributed by atoms with Crippen molar-refractivity contribution in [1.82, 2.24) is 19.7 Å². The molecule has 2 aliphatic rings. The molecule has 0 radical (unpaired) electrons. The largest absolute Gasteiger partial charge is 0.418 e. The predicted molar refractivity (Wildman–Crippen MR) is 74.5 cm³/mol. The van der Waals surface area contributed by atoms with Gasteiger partial charge in [0.2, 0.25) is 0 Å². The summed E-state index contributed by atoms with van der Waals surface area (Å²) in [7, 11) is -4.75. The van der Waals surface area contributed by atoms with E-state index >= 15 is 0 Å². The lowest BCUT2D eigenvalue weighted by Crippen LogP contribution is -2.35. The van der Waals surface area contributed by atoms with Crippen LogP contribution in [0.5, 0.6) is 0 Å². The maximum absolute atomic E-state index is 12.0. The lowest BCUT2D eigenvalue weighted by atomic mass is 10.2. The van der Waals surface area contributed by atoms with Gasteiger partial charge in [-0.2, -0.15) is 18.6 Å². The number of hydrogen-bond acceptors (Lipinski definition) is 6. The minimum absolute atomic E-state index is 0.268. The third kappa shape index (κ3) is 2.83. The van der Waals surface area contributed by atoms with Gasteiger partial charge in [0.1, 0.15) is 6.04 Å². The van der Waals surface area contributed by atoms with Crippen molar-refractivity contribution in [2.24, 2.45) is 5.73 Å². The molecule has 0 aromatic carbocycles. The highest BCUT2D eigenvalue weighted by atomic mass is 32.3. The van der Waals surface area contributed by atoms with Crippen LogP contribution in [-0.2, 0) is 21.1 Å². The van der Waals surface area contributed by atoms with Gasteiger partial charge in [-0.05, 0) is 18.7 Å². The van der Waals surface area contributed by atoms with Crippen molar-refractivity contribution in [2.45, 2.75) is 12.5 Å². The number of carbonyl (C=O) groups excluding carboxylic acids is 1. The molecule has 22 heavy (non-hydrogen) atoms. The zero-order valence-corrected chi connectivity index (χ0v) is 12.3. The number of nitrogens with zero attached hydrogens (tertiary/aromatic N) is 4. The van der Waals surface area contributed by atoms with Crippen LogP contribution >= 0.6 is 0 Å². The Morgan fingerprint density at radius 1 is 1.50 bits per heavy atom. The summed E-state index contributed by atoms with van der Waals surface area (Å²) >= 11 is 0. The molecule has 3 N–H and O–H groups in total. The van der Waals surface area contributed by atoms with Gasteiger partial charge in [-0.15, -0.1) is 4.28 Å². The highest BCUT2D eigenvalue weighted by molar-refractivity contribution is 7.80. The Bertz CT molecular complexity index is 727. The summed E-state index contributed by atoms with van der Waals surface area (Å²) in [6.45, 7) is 1.04. The second-order valence-corrected chi connectivity index (χ2v) is 6.01. The van der Waals surface area contributed by atoms with E-state index in [1.807, 2.05) is 6.07 Å². The third-order valence-electron chi connectivity index (χ3n) is 3.42. The van der Waals surface area contributed by atoms with Crippen LogP contribution in [0.2, 0.25) is 0 Å². The molecule has 1 unspecified atom stereocenters. The van der Waals surface area contributed by atoms with E-state index in [1.54, 1.807) is 17.0 Å². The lowest BCUT2D eigenvalue weighted by Gasteiger charge is -2.21. The summed E-state index contributed by atoms with van der Waals surface area (Å²) in [6, 6.07) is 0.594. The number of nitrogens with two attached hydrogens (primary N) is 1. The molecule has 1 atom stereocenters. The maximum atomic E-state index is 12.0. The highest BCUT2D eigenvalue weighted by Crippen LogP contribution is 2.27. The average molecular weight is 329 g/mol. The molecule has 0 aliphatic carbocycles. The first-order valence-electron chi connectivity index (χ1n) is 6.58. The van der Waals surface area contributed by atoms with Gasteiger partial charge in [-0.1, -0.05) is 0 Å². The van der Waals surface area contributed by atoms with Gasteiger partial charge in [-0.3, -0.25) is 4.55 Å². The lowest BCUT2D eigenvalue weighted by molar-refractivity contribution is -0.0183. The number of carbonyl (C=O) groups is 1. The second-order valence-electron chi connectivity index (χ2n) is 5.01. The Morgan fingerprint density at radius 3 is 2.95 bits per heavy atom. The molecule has 1 aromatic rings. The number of amides is 2. The molecule has 1 fully saturated rings. The first-order valence-corrected chi connectivity index (χ1v) is 7.95. The number of fused-ring (bicyclic) bond motifs is 2. The van der Waals surface area contributed by atoms with Crippen LogP contribution < -0.4 is 5.73 Å². The molecule has 0 spiro atoms. The minimum Gasteiger partial charge on any atom is -0.330 e. The summed E-state index contributed by atoms with van der Waals surface area (Å²) in [5.41, 5.74) is 7.02. The summed E-state index contributed by atoms with van der Waals surface area (Å²) in [4.78, 5) is 13.4. The van der Waals surface area contributed by atoms with Crippen molar-refractivity contribution in [2.75, 3.05) is 19.6 Å². The van der Waals surface area contributed by atoms with Crippen LogP contribution in [0.3, 0.4) is 0 Å². The zero-order valence-electron chi connectivity index (χ0n) is 11.5. The molecule has 2 aliphatic heterocycles. The fourth-order valence-corrected chi connectivity index (χ4v) is 2.90. The molecule has 2 bridgehead atoms. The predicted octanol–water partition coefficient (Wildman–Crippen LogP) is -0.921. The van der Waals surface area contributed by atoms with E-state index in [9.17, 15) is 13.2 Å². The Morgan fingerprint density at radius 2 is 2.27 bits per heavy atom. The van der Waals surface area contributed by atoms with E-state index in [4.69, 9.17) is 10.3 Å². The van der Waals surface area contributed by atoms with Gasteiger partial charge < -0.3 is 10.6 Å². The Kier molecular flexibility index (Phi) is 3.64. The molecular formula is C11H15N5O5S. The minimum atomic E-state index is -4.75. The molecule has 3 rings (SSSR count). The van der Waals surface area contributed by atoms with Crippen molar-refractivity contribution in [3.05, 3.63) is 24.0 Å². The van der Waals surface area contributed by atoms with Crippen molar-refractivity contribution in [3.8, 4) is 0 Å². The van der Waals surface area contributed by atoms with E-state index in [0.29, 0.717) is 23.7 Å². The zero-order chi connectivity index (χ0) is 15.9. The quantitative estimate of drug-likeness (QED) is 0.668. The van der Waals surface area contributed by atoms with Crippen molar-refractivity contribution in [3.63, 3.8) is 0 Å². The second kappa shape index (κ2) is 5.35. The van der Waals surface area contributed by atoms with Crippen LogP contribution in [0.15, 0.2) is 18.3 Å².